The van der Waals surface area contributed by atoms with Crippen LogP contribution in [0.25, 0.3) is 10.2 Å². The Morgan fingerprint density at radius 3 is 2.32 bits per heavy atom. The van der Waals surface area contributed by atoms with E-state index < -0.39 is 0 Å². The van der Waals surface area contributed by atoms with Gasteiger partial charge in [-0.2, -0.15) is 0 Å². The first kappa shape index (κ1) is 14.8. The number of hydrogen-bond acceptors (Lipinski definition) is 3. The van der Waals surface area contributed by atoms with E-state index in [1.54, 1.807) is 11.6 Å². The minimum absolute atomic E-state index is 0.206. The Labute approximate surface area is 132 Å². The maximum absolute atomic E-state index is 12.5. The van der Waals surface area contributed by atoms with Crippen molar-refractivity contribution in [3.8, 4) is 0 Å². The first-order chi connectivity index (χ1) is 10.4. The molecule has 0 fully saturated rings. The van der Waals surface area contributed by atoms with Gasteiger partial charge in [-0.3, -0.25) is 13.9 Å². The molecule has 0 amide bonds. The minimum atomic E-state index is -0.265. The smallest absolute Gasteiger partial charge is 0.280 e. The summed E-state index contributed by atoms with van der Waals surface area (Å²) in [6, 6.07) is 8.10. The zero-order valence-corrected chi connectivity index (χ0v) is 14.0. The maximum Gasteiger partial charge on any atom is 0.332 e. The van der Waals surface area contributed by atoms with Crippen LogP contribution in [-0.4, -0.2) is 9.13 Å². The van der Waals surface area contributed by atoms with Gasteiger partial charge in [-0.1, -0.05) is 29.8 Å². The van der Waals surface area contributed by atoms with E-state index in [-0.39, 0.29) is 11.2 Å². The Hall–Kier alpha value is -2.14. The van der Waals surface area contributed by atoms with Crippen molar-refractivity contribution in [3.63, 3.8) is 0 Å². The van der Waals surface area contributed by atoms with Gasteiger partial charge in [0.2, 0.25) is 0 Å². The monoisotopic (exact) mass is 314 g/mol. The van der Waals surface area contributed by atoms with Crippen LogP contribution in [0.1, 0.15) is 21.6 Å². The molecule has 22 heavy (non-hydrogen) atoms. The van der Waals surface area contributed by atoms with Crippen LogP contribution < -0.4 is 11.2 Å². The molecule has 0 atom stereocenters. The van der Waals surface area contributed by atoms with Crippen LogP contribution in [0.4, 0.5) is 0 Å². The fourth-order valence-electron chi connectivity index (χ4n) is 2.59. The van der Waals surface area contributed by atoms with Crippen molar-refractivity contribution in [1.82, 2.24) is 9.13 Å². The summed E-state index contributed by atoms with van der Waals surface area (Å²) < 4.78 is 2.90. The summed E-state index contributed by atoms with van der Waals surface area (Å²) in [5.41, 5.74) is 2.74. The highest BCUT2D eigenvalue weighted by atomic mass is 32.1. The van der Waals surface area contributed by atoms with Crippen molar-refractivity contribution in [2.24, 2.45) is 7.05 Å². The Kier molecular flexibility index (Phi) is 3.53. The minimum Gasteiger partial charge on any atom is -0.280 e. The lowest BCUT2D eigenvalue weighted by molar-refractivity contribution is 0.677. The maximum atomic E-state index is 12.5. The lowest BCUT2D eigenvalue weighted by atomic mass is 10.1. The van der Waals surface area contributed by atoms with Crippen LogP contribution in [0.5, 0.6) is 0 Å². The predicted molar refractivity (Wildman–Crippen MR) is 91.1 cm³/mol. The van der Waals surface area contributed by atoms with Gasteiger partial charge in [0.1, 0.15) is 4.83 Å². The number of hydrogen-bond donors (Lipinski definition) is 0. The standard InChI is InChI=1S/C17H18N2O2S/c1-10-5-7-13(8-6-10)9-19-16-14(11(2)12(3)22-16)15(20)18(4)17(19)21/h5-8H,9H2,1-4H3. The first-order valence-corrected chi connectivity index (χ1v) is 7.97. The zero-order chi connectivity index (χ0) is 16.0. The van der Waals surface area contributed by atoms with Gasteiger partial charge in [-0.15, -0.1) is 11.3 Å². The predicted octanol–water partition coefficient (Wildman–Crippen LogP) is 2.74. The first-order valence-electron chi connectivity index (χ1n) is 7.15. The zero-order valence-electron chi connectivity index (χ0n) is 13.1. The number of thiophene rings is 1. The number of rotatable bonds is 2. The number of aryl methyl sites for hydroxylation is 3. The fraction of sp³-hybridized carbons (Fsp3) is 0.294. The van der Waals surface area contributed by atoms with Crippen LogP contribution in [0.15, 0.2) is 33.9 Å². The molecule has 0 radical (unpaired) electrons. The van der Waals surface area contributed by atoms with E-state index in [0.29, 0.717) is 11.9 Å². The highest BCUT2D eigenvalue weighted by molar-refractivity contribution is 7.18. The highest BCUT2D eigenvalue weighted by Crippen LogP contribution is 2.27. The summed E-state index contributed by atoms with van der Waals surface area (Å²) in [7, 11) is 1.54. The highest BCUT2D eigenvalue weighted by Gasteiger charge is 2.16. The number of nitrogens with zero attached hydrogens (tertiary/aromatic N) is 2. The van der Waals surface area contributed by atoms with Gasteiger partial charge in [0.25, 0.3) is 5.56 Å². The fourth-order valence-corrected chi connectivity index (χ4v) is 3.73. The van der Waals surface area contributed by atoms with Crippen LogP contribution in [0, 0.1) is 20.8 Å². The molecule has 0 saturated heterocycles. The molecule has 0 N–H and O–H groups in total. The molecule has 2 heterocycles. The second-order valence-corrected chi connectivity index (χ2v) is 6.89. The quantitative estimate of drug-likeness (QED) is 0.730. The van der Waals surface area contributed by atoms with Gasteiger partial charge >= 0.3 is 5.69 Å². The van der Waals surface area contributed by atoms with Crippen molar-refractivity contribution >= 4 is 21.6 Å². The molecule has 0 unspecified atom stereocenters. The van der Waals surface area contributed by atoms with E-state index >= 15 is 0 Å². The van der Waals surface area contributed by atoms with Gasteiger partial charge in [-0.05, 0) is 31.9 Å². The third kappa shape index (κ3) is 2.22. The molecular weight excluding hydrogens is 296 g/mol. The lowest BCUT2D eigenvalue weighted by Gasteiger charge is -2.10. The molecule has 0 aliphatic rings. The van der Waals surface area contributed by atoms with E-state index in [2.05, 4.69) is 0 Å². The van der Waals surface area contributed by atoms with Gasteiger partial charge in [-0.25, -0.2) is 4.79 Å². The summed E-state index contributed by atoms with van der Waals surface area (Å²) in [6.07, 6.45) is 0. The third-order valence-electron chi connectivity index (χ3n) is 4.11. The average molecular weight is 314 g/mol. The van der Waals surface area contributed by atoms with Crippen molar-refractivity contribution in [2.45, 2.75) is 27.3 Å². The molecule has 0 saturated carbocycles. The van der Waals surface area contributed by atoms with E-state index in [9.17, 15) is 9.59 Å². The molecule has 0 bridgehead atoms. The summed E-state index contributed by atoms with van der Waals surface area (Å²) in [5.74, 6) is 0. The van der Waals surface area contributed by atoms with E-state index in [1.807, 2.05) is 45.0 Å². The van der Waals surface area contributed by atoms with Crippen LogP contribution in [-0.2, 0) is 13.6 Å². The van der Waals surface area contributed by atoms with Crippen LogP contribution in [0.2, 0.25) is 0 Å². The van der Waals surface area contributed by atoms with Crippen molar-refractivity contribution in [1.29, 1.82) is 0 Å². The Balaban J connectivity index is 2.29. The topological polar surface area (TPSA) is 44.0 Å². The molecule has 0 spiro atoms. The van der Waals surface area contributed by atoms with E-state index in [4.69, 9.17) is 0 Å². The lowest BCUT2D eigenvalue weighted by Crippen LogP contribution is -2.38. The molecule has 5 heteroatoms. The van der Waals surface area contributed by atoms with E-state index in [0.717, 1.165) is 20.8 Å². The average Bonchev–Trinajstić information content (AvgIpc) is 2.79. The van der Waals surface area contributed by atoms with Crippen molar-refractivity contribution in [3.05, 3.63) is 66.7 Å². The summed E-state index contributed by atoms with van der Waals surface area (Å²) in [6.45, 7) is 6.44. The molecular formula is C17H18N2O2S. The Morgan fingerprint density at radius 2 is 1.68 bits per heavy atom. The van der Waals surface area contributed by atoms with Gasteiger partial charge in [0.15, 0.2) is 0 Å². The second-order valence-electron chi connectivity index (χ2n) is 5.68. The SMILES string of the molecule is Cc1ccc(Cn2c(=O)n(C)c(=O)c3c(C)c(C)sc32)cc1. The third-order valence-corrected chi connectivity index (χ3v) is 5.34. The molecule has 4 nitrogen and oxygen atoms in total. The number of aromatic nitrogens is 2. The molecule has 0 aliphatic carbocycles. The number of benzene rings is 1. The summed E-state index contributed by atoms with van der Waals surface area (Å²) >= 11 is 1.51. The Bertz CT molecular complexity index is 975. The molecule has 114 valence electrons. The van der Waals surface area contributed by atoms with Crippen LogP contribution in [0.3, 0.4) is 0 Å². The van der Waals surface area contributed by atoms with Crippen molar-refractivity contribution in [2.75, 3.05) is 0 Å². The summed E-state index contributed by atoms with van der Waals surface area (Å²) in [5, 5.41) is 0.664. The molecule has 0 aliphatic heterocycles. The second kappa shape index (κ2) is 5.25. The molecule has 1 aromatic carbocycles. The van der Waals surface area contributed by atoms with Gasteiger partial charge in [0, 0.05) is 11.9 Å². The normalized spacial score (nSPS) is 11.3. The molecule has 2 aromatic heterocycles. The van der Waals surface area contributed by atoms with E-state index in [1.165, 1.54) is 21.5 Å². The summed E-state index contributed by atoms with van der Waals surface area (Å²) in [4.78, 5) is 26.8. The van der Waals surface area contributed by atoms with Crippen LogP contribution >= 0.6 is 11.3 Å². The van der Waals surface area contributed by atoms with Gasteiger partial charge in [0.05, 0.1) is 11.9 Å². The van der Waals surface area contributed by atoms with Crippen molar-refractivity contribution < 1.29 is 0 Å². The Morgan fingerprint density at radius 1 is 1.05 bits per heavy atom. The van der Waals surface area contributed by atoms with Gasteiger partial charge < -0.3 is 0 Å². The molecule has 3 aromatic rings. The largest absolute Gasteiger partial charge is 0.332 e. The number of fused-ring (bicyclic) bond motifs is 1. The molecule has 3 rings (SSSR count).